The lowest BCUT2D eigenvalue weighted by atomic mass is 9.99. The number of ether oxygens (including phenoxy) is 1. The molecule has 0 spiro atoms. The SMILES string of the molecule is CC(OCC1CCNCC1)c1cccs1. The van der Waals surface area contributed by atoms with E-state index in [1.807, 2.05) is 0 Å². The second-order valence-corrected chi connectivity index (χ2v) is 5.16. The minimum Gasteiger partial charge on any atom is -0.373 e. The summed E-state index contributed by atoms with van der Waals surface area (Å²) in [6, 6.07) is 4.24. The van der Waals surface area contributed by atoms with E-state index in [0.29, 0.717) is 0 Å². The molecule has 0 radical (unpaired) electrons. The van der Waals surface area contributed by atoms with E-state index in [1.165, 1.54) is 17.7 Å². The van der Waals surface area contributed by atoms with Crippen molar-refractivity contribution < 1.29 is 4.74 Å². The smallest absolute Gasteiger partial charge is 0.0888 e. The van der Waals surface area contributed by atoms with Gasteiger partial charge in [0.15, 0.2) is 0 Å². The van der Waals surface area contributed by atoms with Gasteiger partial charge in [0, 0.05) is 4.88 Å². The maximum atomic E-state index is 5.91. The number of rotatable bonds is 4. The number of hydrogen-bond acceptors (Lipinski definition) is 3. The minimum atomic E-state index is 0.264. The fraction of sp³-hybridized carbons (Fsp3) is 0.667. The molecule has 1 aromatic heterocycles. The quantitative estimate of drug-likeness (QED) is 0.851. The van der Waals surface area contributed by atoms with Crippen molar-refractivity contribution in [3.05, 3.63) is 22.4 Å². The largest absolute Gasteiger partial charge is 0.373 e. The molecule has 1 aliphatic rings. The molecule has 1 aromatic rings. The summed E-state index contributed by atoms with van der Waals surface area (Å²) in [5.74, 6) is 0.758. The molecule has 2 heterocycles. The number of hydrogen-bond donors (Lipinski definition) is 1. The maximum absolute atomic E-state index is 5.91. The van der Waals surface area contributed by atoms with Gasteiger partial charge in [-0.2, -0.15) is 0 Å². The van der Waals surface area contributed by atoms with Crippen molar-refractivity contribution in [3.8, 4) is 0 Å². The molecule has 1 aliphatic heterocycles. The van der Waals surface area contributed by atoms with Crippen molar-refractivity contribution in [2.45, 2.75) is 25.9 Å². The lowest BCUT2D eigenvalue weighted by Crippen LogP contribution is -2.30. The van der Waals surface area contributed by atoms with E-state index in [9.17, 15) is 0 Å². The van der Waals surface area contributed by atoms with E-state index in [1.54, 1.807) is 11.3 Å². The fourth-order valence-electron chi connectivity index (χ4n) is 1.93. The molecule has 1 N–H and O–H groups in total. The summed E-state index contributed by atoms with van der Waals surface area (Å²) in [6.07, 6.45) is 2.79. The Balaban J connectivity index is 1.73. The average Bonchev–Trinajstić information content (AvgIpc) is 2.81. The number of piperidine rings is 1. The number of nitrogens with one attached hydrogen (secondary N) is 1. The van der Waals surface area contributed by atoms with Crippen molar-refractivity contribution in [1.29, 1.82) is 0 Å². The van der Waals surface area contributed by atoms with Crippen LogP contribution in [0, 0.1) is 5.92 Å². The van der Waals surface area contributed by atoms with Crippen LogP contribution < -0.4 is 5.32 Å². The predicted molar refractivity (Wildman–Crippen MR) is 64.3 cm³/mol. The first-order chi connectivity index (χ1) is 7.36. The molecule has 3 heteroatoms. The summed E-state index contributed by atoms with van der Waals surface area (Å²) in [6.45, 7) is 5.37. The summed E-state index contributed by atoms with van der Waals surface area (Å²) >= 11 is 1.78. The molecule has 84 valence electrons. The van der Waals surface area contributed by atoms with Gasteiger partial charge in [-0.25, -0.2) is 0 Å². The Hall–Kier alpha value is -0.380. The van der Waals surface area contributed by atoms with Crippen LogP contribution >= 0.6 is 11.3 Å². The third kappa shape index (κ3) is 3.30. The first-order valence-corrected chi connectivity index (χ1v) is 6.60. The van der Waals surface area contributed by atoms with Crippen LogP contribution in [-0.4, -0.2) is 19.7 Å². The summed E-state index contributed by atoms with van der Waals surface area (Å²) in [4.78, 5) is 1.34. The van der Waals surface area contributed by atoms with Crippen LogP contribution in [0.1, 0.15) is 30.7 Å². The molecule has 2 nitrogen and oxygen atoms in total. The maximum Gasteiger partial charge on any atom is 0.0888 e. The highest BCUT2D eigenvalue weighted by molar-refractivity contribution is 7.10. The van der Waals surface area contributed by atoms with E-state index in [4.69, 9.17) is 4.74 Å². The zero-order valence-electron chi connectivity index (χ0n) is 9.24. The molecule has 1 atom stereocenters. The Labute approximate surface area is 95.6 Å². The molecule has 1 unspecified atom stereocenters. The number of thiophene rings is 1. The van der Waals surface area contributed by atoms with Gasteiger partial charge in [-0.15, -0.1) is 11.3 Å². The zero-order chi connectivity index (χ0) is 10.5. The summed E-state index contributed by atoms with van der Waals surface area (Å²) in [5, 5.41) is 5.49. The highest BCUT2D eigenvalue weighted by atomic mass is 32.1. The zero-order valence-corrected chi connectivity index (χ0v) is 10.1. The van der Waals surface area contributed by atoms with Crippen LogP contribution in [0.15, 0.2) is 17.5 Å². The van der Waals surface area contributed by atoms with E-state index >= 15 is 0 Å². The first-order valence-electron chi connectivity index (χ1n) is 5.72. The van der Waals surface area contributed by atoms with E-state index in [2.05, 4.69) is 29.8 Å². The molecule has 0 aliphatic carbocycles. The molecular formula is C12H19NOS. The Morgan fingerprint density at radius 1 is 1.53 bits per heavy atom. The molecule has 0 bridgehead atoms. The molecule has 1 saturated heterocycles. The van der Waals surface area contributed by atoms with Gasteiger partial charge in [-0.05, 0) is 50.2 Å². The molecule has 1 fully saturated rings. The van der Waals surface area contributed by atoms with Gasteiger partial charge in [0.25, 0.3) is 0 Å². The van der Waals surface area contributed by atoms with E-state index in [0.717, 1.165) is 25.6 Å². The average molecular weight is 225 g/mol. The first kappa shape index (κ1) is 11.1. The minimum absolute atomic E-state index is 0.264. The van der Waals surface area contributed by atoms with Crippen LogP contribution in [-0.2, 0) is 4.74 Å². The molecule has 15 heavy (non-hydrogen) atoms. The summed E-state index contributed by atoms with van der Waals surface area (Å²) in [7, 11) is 0. The van der Waals surface area contributed by atoms with Gasteiger partial charge in [-0.1, -0.05) is 6.07 Å². The Morgan fingerprint density at radius 2 is 2.33 bits per heavy atom. The van der Waals surface area contributed by atoms with Crippen LogP contribution in [0.5, 0.6) is 0 Å². The van der Waals surface area contributed by atoms with Gasteiger partial charge >= 0.3 is 0 Å². The van der Waals surface area contributed by atoms with Crippen molar-refractivity contribution >= 4 is 11.3 Å². The van der Waals surface area contributed by atoms with Gasteiger partial charge in [-0.3, -0.25) is 0 Å². The third-order valence-electron chi connectivity index (χ3n) is 2.98. The second kappa shape index (κ2) is 5.64. The highest BCUT2D eigenvalue weighted by Crippen LogP contribution is 2.23. The molecule has 0 aromatic carbocycles. The Kier molecular flexibility index (Phi) is 4.18. The third-order valence-corrected chi connectivity index (χ3v) is 4.02. The Morgan fingerprint density at radius 3 is 3.00 bits per heavy atom. The fourth-order valence-corrected chi connectivity index (χ4v) is 2.66. The van der Waals surface area contributed by atoms with Gasteiger partial charge < -0.3 is 10.1 Å². The monoisotopic (exact) mass is 225 g/mol. The lowest BCUT2D eigenvalue weighted by molar-refractivity contribution is 0.0339. The van der Waals surface area contributed by atoms with E-state index < -0.39 is 0 Å². The van der Waals surface area contributed by atoms with Crippen LogP contribution in [0.25, 0.3) is 0 Å². The van der Waals surface area contributed by atoms with Crippen LogP contribution in [0.3, 0.4) is 0 Å². The van der Waals surface area contributed by atoms with E-state index in [-0.39, 0.29) is 6.10 Å². The predicted octanol–water partition coefficient (Wildman–Crippen LogP) is 2.83. The van der Waals surface area contributed by atoms with Crippen molar-refractivity contribution in [1.82, 2.24) is 5.32 Å². The second-order valence-electron chi connectivity index (χ2n) is 4.18. The standard InChI is InChI=1S/C12H19NOS/c1-10(12-3-2-8-15-12)14-9-11-4-6-13-7-5-11/h2-3,8,10-11,13H,4-7,9H2,1H3. The highest BCUT2D eigenvalue weighted by Gasteiger charge is 2.15. The van der Waals surface area contributed by atoms with Crippen molar-refractivity contribution in [2.24, 2.45) is 5.92 Å². The van der Waals surface area contributed by atoms with Gasteiger partial charge in [0.2, 0.25) is 0 Å². The van der Waals surface area contributed by atoms with Crippen LogP contribution in [0.2, 0.25) is 0 Å². The molecular weight excluding hydrogens is 206 g/mol. The lowest BCUT2D eigenvalue weighted by Gasteiger charge is -2.23. The Bertz CT molecular complexity index is 267. The van der Waals surface area contributed by atoms with Crippen molar-refractivity contribution in [2.75, 3.05) is 19.7 Å². The van der Waals surface area contributed by atoms with Crippen LogP contribution in [0.4, 0.5) is 0 Å². The molecule has 2 rings (SSSR count). The molecule has 0 amide bonds. The summed E-state index contributed by atoms with van der Waals surface area (Å²) in [5.41, 5.74) is 0. The summed E-state index contributed by atoms with van der Waals surface area (Å²) < 4.78 is 5.91. The van der Waals surface area contributed by atoms with Gasteiger partial charge in [0.1, 0.15) is 0 Å². The molecule has 0 saturated carbocycles. The van der Waals surface area contributed by atoms with Gasteiger partial charge in [0.05, 0.1) is 12.7 Å². The topological polar surface area (TPSA) is 21.3 Å². The normalized spacial score (nSPS) is 20.3. The van der Waals surface area contributed by atoms with Crippen molar-refractivity contribution in [3.63, 3.8) is 0 Å².